The molecule has 0 heterocycles. The van der Waals surface area contributed by atoms with Crippen molar-refractivity contribution in [2.75, 3.05) is 0 Å². The summed E-state index contributed by atoms with van der Waals surface area (Å²) in [5.74, 6) is 2.49. The van der Waals surface area contributed by atoms with Crippen molar-refractivity contribution in [2.45, 2.75) is 57.5 Å². The van der Waals surface area contributed by atoms with Crippen LogP contribution in [0.4, 0.5) is 0 Å². The van der Waals surface area contributed by atoms with Crippen molar-refractivity contribution in [3.63, 3.8) is 0 Å². The van der Waals surface area contributed by atoms with E-state index in [-0.39, 0.29) is 6.10 Å². The Morgan fingerprint density at radius 3 is 2.95 bits per heavy atom. The lowest BCUT2D eigenvalue weighted by molar-refractivity contribution is 0.0596. The summed E-state index contributed by atoms with van der Waals surface area (Å²) >= 11 is 0. The van der Waals surface area contributed by atoms with Gasteiger partial charge in [-0.2, -0.15) is 0 Å². The van der Waals surface area contributed by atoms with Crippen LogP contribution in [0.25, 0.3) is 0 Å². The number of hydrogen-bond donors (Lipinski definition) is 2. The molecule has 2 nitrogen and oxygen atoms in total. The van der Waals surface area contributed by atoms with Crippen molar-refractivity contribution in [3.8, 4) is 5.75 Å². The zero-order valence-electron chi connectivity index (χ0n) is 12.2. The van der Waals surface area contributed by atoms with E-state index < -0.39 is 0 Å². The molecule has 0 amide bonds. The highest BCUT2D eigenvalue weighted by Gasteiger charge is 2.52. The monoisotopic (exact) mass is 272 g/mol. The molecule has 3 aliphatic rings. The fourth-order valence-corrected chi connectivity index (χ4v) is 5.59. The summed E-state index contributed by atoms with van der Waals surface area (Å²) in [5, 5.41) is 19.8. The molecule has 0 saturated heterocycles. The number of phenolic OH excluding ortho intramolecular Hbond substituents is 1. The van der Waals surface area contributed by atoms with Crippen LogP contribution in [0.2, 0.25) is 0 Å². The molecule has 1 aromatic carbocycles. The van der Waals surface area contributed by atoms with Gasteiger partial charge in [-0.15, -0.1) is 0 Å². The molecule has 2 heteroatoms. The lowest BCUT2D eigenvalue weighted by atomic mass is 9.56. The van der Waals surface area contributed by atoms with Crippen LogP contribution in [0.15, 0.2) is 18.2 Å². The Kier molecular flexibility index (Phi) is 2.69. The number of aryl methyl sites for hydroxylation is 1. The van der Waals surface area contributed by atoms with Gasteiger partial charge in [0.05, 0.1) is 6.10 Å². The van der Waals surface area contributed by atoms with Gasteiger partial charge in [0.15, 0.2) is 0 Å². The minimum atomic E-state index is -0.0787. The average Bonchev–Trinajstić information content (AvgIpc) is 2.72. The van der Waals surface area contributed by atoms with Crippen LogP contribution in [0, 0.1) is 17.3 Å². The van der Waals surface area contributed by atoms with Gasteiger partial charge >= 0.3 is 0 Å². The van der Waals surface area contributed by atoms with E-state index >= 15 is 0 Å². The third-order valence-corrected chi connectivity index (χ3v) is 6.46. The van der Waals surface area contributed by atoms with Crippen LogP contribution in [0.3, 0.4) is 0 Å². The molecule has 108 valence electrons. The first-order valence-corrected chi connectivity index (χ1v) is 8.07. The van der Waals surface area contributed by atoms with Crippen molar-refractivity contribution in [1.29, 1.82) is 0 Å². The van der Waals surface area contributed by atoms with E-state index in [1.165, 1.54) is 30.4 Å². The Labute approximate surface area is 120 Å². The lowest BCUT2D eigenvalue weighted by Gasteiger charge is -2.49. The Balaban J connectivity index is 1.70. The molecule has 0 radical (unpaired) electrons. The van der Waals surface area contributed by atoms with Gasteiger partial charge in [0.25, 0.3) is 0 Å². The van der Waals surface area contributed by atoms with Crippen molar-refractivity contribution in [3.05, 3.63) is 29.3 Å². The average molecular weight is 272 g/mol. The van der Waals surface area contributed by atoms with Gasteiger partial charge < -0.3 is 10.2 Å². The van der Waals surface area contributed by atoms with Crippen LogP contribution >= 0.6 is 0 Å². The maximum absolute atomic E-state index is 10.1. The first kappa shape index (κ1) is 12.7. The first-order valence-electron chi connectivity index (χ1n) is 8.07. The van der Waals surface area contributed by atoms with Gasteiger partial charge in [-0.3, -0.25) is 0 Å². The van der Waals surface area contributed by atoms with Gasteiger partial charge in [0.1, 0.15) is 5.75 Å². The highest BCUT2D eigenvalue weighted by atomic mass is 16.3. The van der Waals surface area contributed by atoms with Crippen LogP contribution in [-0.4, -0.2) is 16.3 Å². The maximum Gasteiger partial charge on any atom is 0.115 e. The second-order valence-electron chi connectivity index (χ2n) is 7.58. The number of aromatic hydroxyl groups is 1. The molecule has 0 spiro atoms. The van der Waals surface area contributed by atoms with Crippen molar-refractivity contribution < 1.29 is 10.2 Å². The number of rotatable bonds is 0. The summed E-state index contributed by atoms with van der Waals surface area (Å²) in [4.78, 5) is 0. The fourth-order valence-electron chi connectivity index (χ4n) is 5.59. The smallest absolute Gasteiger partial charge is 0.115 e. The van der Waals surface area contributed by atoms with Gasteiger partial charge in [0.2, 0.25) is 0 Å². The third-order valence-electron chi connectivity index (χ3n) is 6.46. The SMILES string of the molecule is CC12CCC3c4ccc(O)cc4CCC3C1C[C@@H](O)C2. The van der Waals surface area contributed by atoms with E-state index in [9.17, 15) is 10.2 Å². The highest BCUT2D eigenvalue weighted by molar-refractivity contribution is 5.40. The van der Waals surface area contributed by atoms with Crippen molar-refractivity contribution >= 4 is 0 Å². The van der Waals surface area contributed by atoms with Crippen molar-refractivity contribution in [1.82, 2.24) is 0 Å². The molecule has 0 bridgehead atoms. The standard InChI is InChI=1S/C18H24O2/c1-18-7-6-15-14-5-3-12(19)8-11(14)2-4-16(15)17(18)9-13(20)10-18/h3,5,8,13,15-17,19-20H,2,4,6-7,9-10H2,1H3/t13-,15?,16?,17?,18?/m1/s1. The van der Waals surface area contributed by atoms with E-state index in [2.05, 4.69) is 13.0 Å². The van der Waals surface area contributed by atoms with Gasteiger partial charge in [-0.25, -0.2) is 0 Å². The van der Waals surface area contributed by atoms with Gasteiger partial charge in [-0.1, -0.05) is 13.0 Å². The summed E-state index contributed by atoms with van der Waals surface area (Å²) in [6, 6.07) is 5.96. The molecule has 2 N–H and O–H groups in total. The largest absolute Gasteiger partial charge is 0.508 e. The second kappa shape index (κ2) is 4.24. The van der Waals surface area contributed by atoms with Crippen LogP contribution < -0.4 is 0 Å². The quantitative estimate of drug-likeness (QED) is 0.757. The molecule has 3 aliphatic carbocycles. The maximum atomic E-state index is 10.1. The number of fused-ring (bicyclic) bond motifs is 5. The van der Waals surface area contributed by atoms with Crippen LogP contribution in [0.1, 0.15) is 56.1 Å². The van der Waals surface area contributed by atoms with Crippen molar-refractivity contribution in [2.24, 2.45) is 17.3 Å². The van der Waals surface area contributed by atoms with Crippen LogP contribution in [0.5, 0.6) is 5.75 Å². The normalized spacial score (nSPS) is 42.7. The molecule has 5 atom stereocenters. The summed E-state index contributed by atoms with van der Waals surface area (Å²) < 4.78 is 0. The molecule has 1 aromatic rings. The molecule has 4 unspecified atom stereocenters. The molecule has 0 aromatic heterocycles. The zero-order chi connectivity index (χ0) is 13.9. The number of aliphatic hydroxyl groups is 1. The number of phenols is 1. The van der Waals surface area contributed by atoms with E-state index in [1.807, 2.05) is 12.1 Å². The predicted octanol–water partition coefficient (Wildman–Crippen LogP) is 3.61. The van der Waals surface area contributed by atoms with Gasteiger partial charge in [0, 0.05) is 0 Å². The zero-order valence-corrected chi connectivity index (χ0v) is 12.2. The lowest BCUT2D eigenvalue weighted by Crippen LogP contribution is -2.39. The molecular weight excluding hydrogens is 248 g/mol. The highest BCUT2D eigenvalue weighted by Crippen LogP contribution is 2.60. The minimum absolute atomic E-state index is 0.0787. The summed E-state index contributed by atoms with van der Waals surface area (Å²) in [6.45, 7) is 2.40. The van der Waals surface area contributed by atoms with Crippen LogP contribution in [-0.2, 0) is 6.42 Å². The molecule has 2 saturated carbocycles. The number of hydrogen-bond acceptors (Lipinski definition) is 2. The third kappa shape index (κ3) is 1.74. The molecule has 2 fully saturated rings. The van der Waals surface area contributed by atoms with E-state index in [1.54, 1.807) is 0 Å². The van der Waals surface area contributed by atoms with E-state index in [4.69, 9.17) is 0 Å². The molecule has 20 heavy (non-hydrogen) atoms. The minimum Gasteiger partial charge on any atom is -0.508 e. The van der Waals surface area contributed by atoms with E-state index in [0.29, 0.717) is 23.0 Å². The summed E-state index contributed by atoms with van der Waals surface area (Å²) in [5.41, 5.74) is 3.20. The Morgan fingerprint density at radius 1 is 1.25 bits per heavy atom. The Bertz CT molecular complexity index is 538. The van der Waals surface area contributed by atoms with Gasteiger partial charge in [-0.05, 0) is 85.0 Å². The van der Waals surface area contributed by atoms with E-state index in [0.717, 1.165) is 25.2 Å². The Hall–Kier alpha value is -1.02. The fraction of sp³-hybridized carbons (Fsp3) is 0.667. The predicted molar refractivity (Wildman–Crippen MR) is 78.7 cm³/mol. The first-order chi connectivity index (χ1) is 9.57. The topological polar surface area (TPSA) is 40.5 Å². The Morgan fingerprint density at radius 2 is 2.10 bits per heavy atom. The molecule has 4 rings (SSSR count). The summed E-state index contributed by atoms with van der Waals surface area (Å²) in [6.07, 6.45) is 6.75. The number of aliphatic hydroxyl groups excluding tert-OH is 1. The molecular formula is C18H24O2. The number of benzene rings is 1. The summed E-state index contributed by atoms with van der Waals surface area (Å²) in [7, 11) is 0. The molecule has 0 aliphatic heterocycles. The second-order valence-corrected chi connectivity index (χ2v) is 7.58.